The molecule has 2 atom stereocenters. The van der Waals surface area contributed by atoms with Crippen molar-refractivity contribution in [2.75, 3.05) is 18.4 Å². The Morgan fingerprint density at radius 1 is 1.45 bits per heavy atom. The number of urea groups is 1. The van der Waals surface area contributed by atoms with E-state index in [0.29, 0.717) is 6.54 Å². The molecule has 1 aliphatic heterocycles. The second-order valence-corrected chi connectivity index (χ2v) is 5.29. The zero-order valence-corrected chi connectivity index (χ0v) is 11.5. The van der Waals surface area contributed by atoms with Gasteiger partial charge in [0.05, 0.1) is 16.6 Å². The molecule has 0 radical (unpaired) electrons. The lowest BCUT2D eigenvalue weighted by atomic mass is 9.99. The number of carboxylic acids is 1. The van der Waals surface area contributed by atoms with Crippen LogP contribution in [0, 0.1) is 17.7 Å². The van der Waals surface area contributed by atoms with E-state index in [9.17, 15) is 14.0 Å². The molecule has 1 aliphatic rings. The van der Waals surface area contributed by atoms with Gasteiger partial charge in [-0.05, 0) is 24.1 Å². The fourth-order valence-corrected chi connectivity index (χ4v) is 2.41. The number of halogens is 2. The number of nitrogens with one attached hydrogen (secondary N) is 1. The highest BCUT2D eigenvalue weighted by atomic mass is 35.5. The molecule has 20 heavy (non-hydrogen) atoms. The van der Waals surface area contributed by atoms with Crippen molar-refractivity contribution in [2.45, 2.75) is 6.92 Å². The highest BCUT2D eigenvalue weighted by Crippen LogP contribution is 2.26. The summed E-state index contributed by atoms with van der Waals surface area (Å²) in [6.45, 7) is 2.26. The van der Waals surface area contributed by atoms with E-state index in [2.05, 4.69) is 5.32 Å². The lowest BCUT2D eigenvalue weighted by molar-refractivity contribution is -0.142. The number of anilines is 1. The van der Waals surface area contributed by atoms with Gasteiger partial charge in [-0.3, -0.25) is 4.79 Å². The molecule has 7 heteroatoms. The van der Waals surface area contributed by atoms with Gasteiger partial charge >= 0.3 is 12.0 Å². The van der Waals surface area contributed by atoms with Crippen LogP contribution in [0.1, 0.15) is 6.92 Å². The van der Waals surface area contributed by atoms with E-state index in [1.807, 2.05) is 0 Å². The predicted molar refractivity (Wildman–Crippen MR) is 72.3 cm³/mol. The van der Waals surface area contributed by atoms with E-state index < -0.39 is 23.7 Å². The van der Waals surface area contributed by atoms with Crippen LogP contribution in [-0.2, 0) is 4.79 Å². The summed E-state index contributed by atoms with van der Waals surface area (Å²) in [5.74, 6) is -2.13. The van der Waals surface area contributed by atoms with Crippen molar-refractivity contribution in [2.24, 2.45) is 11.8 Å². The second-order valence-electron chi connectivity index (χ2n) is 4.88. The summed E-state index contributed by atoms with van der Waals surface area (Å²) in [7, 11) is 0. The first-order valence-corrected chi connectivity index (χ1v) is 6.50. The Morgan fingerprint density at radius 3 is 2.75 bits per heavy atom. The lowest BCUT2D eigenvalue weighted by Crippen LogP contribution is -2.34. The standard InChI is InChI=1S/C13H14ClFN2O3/c1-7-5-17(6-9(7)12(18)19)13(20)16-11-4-8(15)2-3-10(11)14/h2-4,7,9H,5-6H2,1H3,(H,16,20)(H,18,19)/t7-,9-/m1/s1. The molecule has 1 fully saturated rings. The number of carbonyl (C=O) groups excluding carboxylic acids is 1. The Morgan fingerprint density at radius 2 is 2.15 bits per heavy atom. The minimum absolute atomic E-state index is 0.124. The Labute approximate surface area is 120 Å². The van der Waals surface area contributed by atoms with Crippen molar-refractivity contribution in [1.82, 2.24) is 4.90 Å². The lowest BCUT2D eigenvalue weighted by Gasteiger charge is -2.17. The third-order valence-electron chi connectivity index (χ3n) is 3.39. The van der Waals surface area contributed by atoms with E-state index in [0.717, 1.165) is 6.07 Å². The Hall–Kier alpha value is -1.82. The Bertz CT molecular complexity index is 552. The molecule has 1 saturated heterocycles. The van der Waals surface area contributed by atoms with Crippen LogP contribution in [0.15, 0.2) is 18.2 Å². The number of carboxylic acid groups (broad SMARTS) is 1. The molecule has 0 spiro atoms. The molecular weight excluding hydrogens is 287 g/mol. The van der Waals surface area contributed by atoms with Crippen LogP contribution >= 0.6 is 11.6 Å². The predicted octanol–water partition coefficient (Wildman–Crippen LogP) is 2.66. The summed E-state index contributed by atoms with van der Waals surface area (Å²) in [6.07, 6.45) is 0. The van der Waals surface area contributed by atoms with Crippen LogP contribution in [0.4, 0.5) is 14.9 Å². The molecule has 1 heterocycles. The number of nitrogens with zero attached hydrogens (tertiary/aromatic N) is 1. The summed E-state index contributed by atoms with van der Waals surface area (Å²) in [5, 5.41) is 11.7. The molecule has 0 bridgehead atoms. The Kier molecular flexibility index (Phi) is 4.13. The molecule has 0 saturated carbocycles. The average molecular weight is 301 g/mol. The summed E-state index contributed by atoms with van der Waals surface area (Å²) in [6, 6.07) is 3.18. The highest BCUT2D eigenvalue weighted by Gasteiger charge is 2.37. The molecule has 1 aromatic rings. The molecule has 108 valence electrons. The summed E-state index contributed by atoms with van der Waals surface area (Å²) < 4.78 is 13.1. The molecule has 1 aromatic carbocycles. The van der Waals surface area contributed by atoms with E-state index in [-0.39, 0.29) is 23.2 Å². The minimum Gasteiger partial charge on any atom is -0.481 e. The first-order chi connectivity index (χ1) is 9.38. The maximum atomic E-state index is 13.1. The first-order valence-electron chi connectivity index (χ1n) is 6.12. The van der Waals surface area contributed by atoms with Gasteiger partial charge in [0.1, 0.15) is 5.82 Å². The van der Waals surface area contributed by atoms with Crippen LogP contribution in [0.5, 0.6) is 0 Å². The highest BCUT2D eigenvalue weighted by molar-refractivity contribution is 6.33. The molecule has 2 N–H and O–H groups in total. The van der Waals surface area contributed by atoms with E-state index >= 15 is 0 Å². The number of amides is 2. The molecule has 2 amide bonds. The molecule has 5 nitrogen and oxygen atoms in total. The maximum Gasteiger partial charge on any atom is 0.321 e. The number of aliphatic carboxylic acids is 1. The van der Waals surface area contributed by atoms with Crippen LogP contribution in [-0.4, -0.2) is 35.1 Å². The van der Waals surface area contributed by atoms with Gasteiger partial charge in [-0.1, -0.05) is 18.5 Å². The van der Waals surface area contributed by atoms with E-state index in [1.54, 1.807) is 6.92 Å². The van der Waals surface area contributed by atoms with Crippen molar-refractivity contribution in [3.05, 3.63) is 29.0 Å². The van der Waals surface area contributed by atoms with Gasteiger partial charge in [0, 0.05) is 13.1 Å². The van der Waals surface area contributed by atoms with Gasteiger partial charge in [-0.2, -0.15) is 0 Å². The van der Waals surface area contributed by atoms with Gasteiger partial charge in [0.25, 0.3) is 0 Å². The van der Waals surface area contributed by atoms with Crippen LogP contribution in [0.3, 0.4) is 0 Å². The van der Waals surface area contributed by atoms with Crippen molar-refractivity contribution in [3.63, 3.8) is 0 Å². The van der Waals surface area contributed by atoms with Gasteiger partial charge in [0.2, 0.25) is 0 Å². The third-order valence-corrected chi connectivity index (χ3v) is 3.72. The quantitative estimate of drug-likeness (QED) is 0.882. The van der Waals surface area contributed by atoms with Crippen molar-refractivity contribution in [1.29, 1.82) is 0 Å². The summed E-state index contributed by atoms with van der Waals surface area (Å²) in [4.78, 5) is 24.4. The second kappa shape index (κ2) is 5.66. The normalized spacial score (nSPS) is 21.9. The van der Waals surface area contributed by atoms with E-state index in [1.165, 1.54) is 17.0 Å². The molecule has 0 aliphatic carbocycles. The fourth-order valence-electron chi connectivity index (χ4n) is 2.24. The minimum atomic E-state index is -0.920. The largest absolute Gasteiger partial charge is 0.481 e. The number of hydrogen-bond donors (Lipinski definition) is 2. The average Bonchev–Trinajstić information content (AvgIpc) is 2.76. The number of carbonyl (C=O) groups is 2. The van der Waals surface area contributed by atoms with Gasteiger partial charge < -0.3 is 15.3 Å². The third kappa shape index (κ3) is 3.01. The topological polar surface area (TPSA) is 69.6 Å². The molecule has 0 aromatic heterocycles. The first kappa shape index (κ1) is 14.6. The Balaban J connectivity index is 2.06. The smallest absolute Gasteiger partial charge is 0.321 e. The molecular formula is C13H14ClFN2O3. The van der Waals surface area contributed by atoms with Crippen molar-refractivity contribution < 1.29 is 19.1 Å². The van der Waals surface area contributed by atoms with Crippen LogP contribution < -0.4 is 5.32 Å². The number of hydrogen-bond acceptors (Lipinski definition) is 2. The maximum absolute atomic E-state index is 13.1. The van der Waals surface area contributed by atoms with Gasteiger partial charge in [-0.25, -0.2) is 9.18 Å². The molecule has 2 rings (SSSR count). The van der Waals surface area contributed by atoms with Gasteiger partial charge in [-0.15, -0.1) is 0 Å². The SMILES string of the molecule is C[C@@H]1CN(C(=O)Nc2cc(F)ccc2Cl)C[C@H]1C(=O)O. The number of rotatable bonds is 2. The van der Waals surface area contributed by atoms with Crippen molar-refractivity contribution in [3.8, 4) is 0 Å². The zero-order valence-electron chi connectivity index (χ0n) is 10.8. The van der Waals surface area contributed by atoms with Crippen molar-refractivity contribution >= 4 is 29.3 Å². The monoisotopic (exact) mass is 300 g/mol. The van der Waals surface area contributed by atoms with Gasteiger partial charge in [0.15, 0.2) is 0 Å². The van der Waals surface area contributed by atoms with E-state index in [4.69, 9.17) is 16.7 Å². The number of benzene rings is 1. The number of likely N-dealkylation sites (tertiary alicyclic amines) is 1. The summed E-state index contributed by atoms with van der Waals surface area (Å²) >= 11 is 5.86. The fraction of sp³-hybridized carbons (Fsp3) is 0.385. The molecule has 0 unspecified atom stereocenters. The van der Waals surface area contributed by atoms with Crippen LogP contribution in [0.25, 0.3) is 0 Å². The summed E-state index contributed by atoms with van der Waals surface area (Å²) in [5.41, 5.74) is 0.170. The van der Waals surface area contributed by atoms with Crippen LogP contribution in [0.2, 0.25) is 5.02 Å². The zero-order chi connectivity index (χ0) is 14.9.